The van der Waals surface area contributed by atoms with Crippen molar-refractivity contribution in [1.29, 1.82) is 0 Å². The van der Waals surface area contributed by atoms with Gasteiger partial charge < -0.3 is 34.7 Å². The average Bonchev–Trinajstić information content (AvgIpc) is 3.32. The summed E-state index contributed by atoms with van der Waals surface area (Å²) in [6, 6.07) is 7.41. The van der Waals surface area contributed by atoms with Crippen molar-refractivity contribution < 1.29 is 19.4 Å². The predicted octanol–water partition coefficient (Wildman–Crippen LogP) is 2.78. The minimum atomic E-state index is -0.204. The number of aliphatic hydroxyl groups is 1. The van der Waals surface area contributed by atoms with Crippen LogP contribution >= 0.6 is 0 Å². The second-order valence-corrected chi connectivity index (χ2v) is 9.94. The Hall–Kier alpha value is -4.32. The Balaban J connectivity index is 1.30. The van der Waals surface area contributed by atoms with Crippen molar-refractivity contribution >= 4 is 29.0 Å². The summed E-state index contributed by atoms with van der Waals surface area (Å²) < 4.78 is 14.7. The van der Waals surface area contributed by atoms with Gasteiger partial charge in [-0.2, -0.15) is 4.98 Å². The molecule has 3 aromatic heterocycles. The Bertz CT molecular complexity index is 1490. The van der Waals surface area contributed by atoms with E-state index in [2.05, 4.69) is 20.7 Å². The molecular formula is C27H32N8O4. The number of carbonyl (C=O) groups excluding carboxylic acids is 1. The van der Waals surface area contributed by atoms with E-state index in [4.69, 9.17) is 14.5 Å². The summed E-state index contributed by atoms with van der Waals surface area (Å²) in [5, 5.41) is 20.8. The van der Waals surface area contributed by atoms with E-state index in [0.29, 0.717) is 52.8 Å². The fraction of sp³-hybridized carbons (Fsp3) is 0.407. The molecule has 1 aliphatic heterocycles. The van der Waals surface area contributed by atoms with Gasteiger partial charge in [0.05, 0.1) is 44.3 Å². The van der Waals surface area contributed by atoms with Crippen LogP contribution in [0.1, 0.15) is 36.0 Å². The van der Waals surface area contributed by atoms with E-state index in [0.717, 1.165) is 37.7 Å². The zero-order valence-corrected chi connectivity index (χ0v) is 22.0. The third-order valence-electron chi connectivity index (χ3n) is 7.31. The fourth-order valence-electron chi connectivity index (χ4n) is 5.00. The summed E-state index contributed by atoms with van der Waals surface area (Å²) in [5.74, 6) is 2.92. The monoisotopic (exact) mass is 532 g/mol. The lowest BCUT2D eigenvalue weighted by Crippen LogP contribution is -2.34. The molecule has 1 saturated heterocycles. The highest BCUT2D eigenvalue weighted by Crippen LogP contribution is 2.35. The van der Waals surface area contributed by atoms with Crippen LogP contribution < -0.4 is 25.0 Å². The number of ether oxygens (including phenoxy) is 2. The van der Waals surface area contributed by atoms with Crippen molar-refractivity contribution in [3.05, 3.63) is 48.5 Å². The number of amides is 1. The maximum absolute atomic E-state index is 13.0. The number of rotatable bonds is 10. The van der Waals surface area contributed by atoms with E-state index in [1.807, 2.05) is 34.0 Å². The molecule has 0 bridgehead atoms. The fourth-order valence-corrected chi connectivity index (χ4v) is 5.00. The molecule has 1 atom stereocenters. The number of nitrogens with one attached hydrogen (secondary N) is 2. The van der Waals surface area contributed by atoms with Crippen molar-refractivity contribution in [2.75, 3.05) is 44.1 Å². The summed E-state index contributed by atoms with van der Waals surface area (Å²) in [6.07, 6.45) is 9.54. The van der Waals surface area contributed by atoms with Gasteiger partial charge in [0.25, 0.3) is 5.91 Å². The lowest BCUT2D eigenvalue weighted by atomic mass is 10.1. The van der Waals surface area contributed by atoms with Crippen LogP contribution in [0.25, 0.3) is 11.2 Å². The van der Waals surface area contributed by atoms with E-state index < -0.39 is 0 Å². The van der Waals surface area contributed by atoms with Gasteiger partial charge in [-0.05, 0) is 49.8 Å². The molecule has 1 aromatic carbocycles. The van der Waals surface area contributed by atoms with E-state index in [1.54, 1.807) is 30.1 Å². The number of fused-ring (bicyclic) bond motifs is 1. The SMILES string of the molecule is COc1cc(-n2cnc(Nc3nc(N4CCC[C@H]4CO)nn4cccc34)c2)cc(C(=O)NCC2CC2)c1OC. The number of imidazole rings is 1. The third-order valence-corrected chi connectivity index (χ3v) is 7.31. The molecule has 0 unspecified atom stereocenters. The molecule has 1 amide bonds. The Morgan fingerprint density at radius 1 is 1.21 bits per heavy atom. The Labute approximate surface area is 225 Å². The van der Waals surface area contributed by atoms with E-state index >= 15 is 0 Å². The average molecular weight is 533 g/mol. The minimum absolute atomic E-state index is 0.00537. The highest BCUT2D eigenvalue weighted by atomic mass is 16.5. The first kappa shape index (κ1) is 25.0. The molecular weight excluding hydrogens is 500 g/mol. The number of aromatic nitrogens is 5. The number of benzene rings is 1. The Morgan fingerprint density at radius 3 is 2.85 bits per heavy atom. The lowest BCUT2D eigenvalue weighted by molar-refractivity contribution is 0.0948. The number of aliphatic hydroxyl groups excluding tert-OH is 1. The summed E-state index contributed by atoms with van der Waals surface area (Å²) in [4.78, 5) is 24.4. The van der Waals surface area contributed by atoms with Gasteiger partial charge in [0.2, 0.25) is 5.95 Å². The van der Waals surface area contributed by atoms with Gasteiger partial charge >= 0.3 is 0 Å². The lowest BCUT2D eigenvalue weighted by Gasteiger charge is -2.23. The third kappa shape index (κ3) is 4.94. The predicted molar refractivity (Wildman–Crippen MR) is 145 cm³/mol. The highest BCUT2D eigenvalue weighted by Gasteiger charge is 2.27. The van der Waals surface area contributed by atoms with Crippen molar-refractivity contribution in [3.63, 3.8) is 0 Å². The van der Waals surface area contributed by atoms with Gasteiger partial charge in [-0.25, -0.2) is 9.50 Å². The first-order valence-corrected chi connectivity index (χ1v) is 13.2. The molecule has 1 saturated carbocycles. The van der Waals surface area contributed by atoms with Crippen LogP contribution in [0.15, 0.2) is 43.0 Å². The second-order valence-electron chi connectivity index (χ2n) is 9.94. The van der Waals surface area contributed by atoms with Crippen molar-refractivity contribution in [2.24, 2.45) is 5.92 Å². The van der Waals surface area contributed by atoms with Crippen LogP contribution in [0, 0.1) is 5.92 Å². The quantitative estimate of drug-likeness (QED) is 0.282. The molecule has 12 heteroatoms. The number of carbonyl (C=O) groups is 1. The van der Waals surface area contributed by atoms with Crippen LogP contribution in [0.4, 0.5) is 17.6 Å². The van der Waals surface area contributed by atoms with Gasteiger partial charge in [0.15, 0.2) is 17.3 Å². The molecule has 4 aromatic rings. The van der Waals surface area contributed by atoms with Gasteiger partial charge in [0, 0.05) is 25.4 Å². The molecule has 1 aliphatic carbocycles. The smallest absolute Gasteiger partial charge is 0.255 e. The normalized spacial score (nSPS) is 17.0. The zero-order chi connectivity index (χ0) is 26.9. The molecule has 0 radical (unpaired) electrons. The number of methoxy groups -OCH3 is 2. The molecule has 6 rings (SSSR count). The van der Waals surface area contributed by atoms with Gasteiger partial charge in [-0.15, -0.1) is 5.10 Å². The van der Waals surface area contributed by atoms with Crippen molar-refractivity contribution in [3.8, 4) is 17.2 Å². The topological polar surface area (TPSA) is 131 Å². The van der Waals surface area contributed by atoms with Gasteiger partial charge in [-0.1, -0.05) is 0 Å². The molecule has 204 valence electrons. The number of hydrogen-bond acceptors (Lipinski definition) is 9. The summed E-state index contributed by atoms with van der Waals surface area (Å²) in [5.41, 5.74) is 1.90. The first-order valence-electron chi connectivity index (χ1n) is 13.2. The zero-order valence-electron chi connectivity index (χ0n) is 22.0. The molecule has 12 nitrogen and oxygen atoms in total. The molecule has 39 heavy (non-hydrogen) atoms. The largest absolute Gasteiger partial charge is 0.493 e. The minimum Gasteiger partial charge on any atom is -0.493 e. The second kappa shape index (κ2) is 10.4. The summed E-state index contributed by atoms with van der Waals surface area (Å²) in [7, 11) is 3.07. The van der Waals surface area contributed by atoms with Crippen LogP contribution in [0.5, 0.6) is 11.5 Å². The maximum Gasteiger partial charge on any atom is 0.255 e. The number of nitrogens with zero attached hydrogens (tertiary/aromatic N) is 6. The van der Waals surface area contributed by atoms with Gasteiger partial charge in [0.1, 0.15) is 17.7 Å². The standard InChI is InChI=1S/C27H32N8O4/c1-38-22-12-19(11-20(24(22)39-2)26(37)28-13-17-7-8-17)33-14-23(29-16-33)30-25-21-6-4-10-35(21)32-27(31-25)34-9-3-5-18(34)15-36/h4,6,10-12,14,16-18,36H,3,5,7-9,13,15H2,1-2H3,(H,28,37)(H,30,31,32)/t18-/m0/s1. The molecule has 2 fully saturated rings. The molecule has 4 heterocycles. The Morgan fingerprint density at radius 2 is 2.08 bits per heavy atom. The van der Waals surface area contributed by atoms with E-state index in [1.165, 1.54) is 7.11 Å². The van der Waals surface area contributed by atoms with E-state index in [9.17, 15) is 9.90 Å². The van der Waals surface area contributed by atoms with Crippen LogP contribution in [0.2, 0.25) is 0 Å². The highest BCUT2D eigenvalue weighted by molar-refractivity contribution is 5.98. The number of anilines is 3. The van der Waals surface area contributed by atoms with Crippen LogP contribution in [-0.4, -0.2) is 75.1 Å². The van der Waals surface area contributed by atoms with Crippen LogP contribution in [-0.2, 0) is 0 Å². The molecule has 3 N–H and O–H groups in total. The van der Waals surface area contributed by atoms with Crippen molar-refractivity contribution in [2.45, 2.75) is 31.7 Å². The number of hydrogen-bond donors (Lipinski definition) is 3. The summed E-state index contributed by atoms with van der Waals surface area (Å²) >= 11 is 0. The van der Waals surface area contributed by atoms with Crippen LogP contribution in [0.3, 0.4) is 0 Å². The van der Waals surface area contributed by atoms with Crippen molar-refractivity contribution in [1.82, 2.24) is 29.5 Å². The van der Waals surface area contributed by atoms with Gasteiger partial charge in [-0.3, -0.25) is 4.79 Å². The van der Waals surface area contributed by atoms with E-state index in [-0.39, 0.29) is 18.6 Å². The molecule has 0 spiro atoms. The Kier molecular flexibility index (Phi) is 6.69. The molecule has 2 aliphatic rings. The summed E-state index contributed by atoms with van der Waals surface area (Å²) in [6.45, 7) is 1.51. The first-order chi connectivity index (χ1) is 19.1. The maximum atomic E-state index is 13.0.